The van der Waals surface area contributed by atoms with Gasteiger partial charge in [0, 0.05) is 33.0 Å². The van der Waals surface area contributed by atoms with Gasteiger partial charge in [0.15, 0.2) is 0 Å². The first kappa shape index (κ1) is 12.3. The van der Waals surface area contributed by atoms with Gasteiger partial charge in [-0.2, -0.15) is 0 Å². The van der Waals surface area contributed by atoms with Gasteiger partial charge in [-0.15, -0.1) is 0 Å². The molecule has 94 valence electrons. The molecule has 3 aromatic rings. The van der Waals surface area contributed by atoms with E-state index < -0.39 is 0 Å². The number of aromatic nitrogens is 1. The number of nitrogens with one attached hydrogen (secondary N) is 1. The Hall–Kier alpha value is -1.77. The number of halogens is 2. The van der Waals surface area contributed by atoms with Crippen LogP contribution in [-0.2, 0) is 0 Å². The van der Waals surface area contributed by atoms with Gasteiger partial charge in [0.25, 0.3) is 0 Å². The molecule has 2 nitrogen and oxygen atoms in total. The maximum atomic E-state index is 6.04. The summed E-state index contributed by atoms with van der Waals surface area (Å²) in [5.41, 5.74) is 2.78. The summed E-state index contributed by atoms with van der Waals surface area (Å²) >= 11 is 12.0. The molecule has 0 amide bonds. The highest BCUT2D eigenvalue weighted by Gasteiger charge is 2.03. The number of benzene rings is 2. The van der Waals surface area contributed by atoms with Crippen LogP contribution < -0.4 is 5.32 Å². The van der Waals surface area contributed by atoms with E-state index in [0.717, 1.165) is 22.3 Å². The molecular formula is C15H10Cl2N2. The Morgan fingerprint density at radius 2 is 1.74 bits per heavy atom. The average Bonchev–Trinajstić information content (AvgIpc) is 2.39. The van der Waals surface area contributed by atoms with Crippen LogP contribution in [-0.4, -0.2) is 4.98 Å². The number of hydrogen-bond acceptors (Lipinski definition) is 2. The Labute approximate surface area is 121 Å². The van der Waals surface area contributed by atoms with Crippen LogP contribution in [0.3, 0.4) is 0 Å². The fraction of sp³-hybridized carbons (Fsp3) is 0. The lowest BCUT2D eigenvalue weighted by Gasteiger charge is -2.10. The molecule has 2 aromatic carbocycles. The second-order valence-electron chi connectivity index (χ2n) is 4.16. The monoisotopic (exact) mass is 288 g/mol. The van der Waals surface area contributed by atoms with Gasteiger partial charge in [-0.05, 0) is 42.5 Å². The predicted octanol–water partition coefficient (Wildman–Crippen LogP) is 5.29. The number of anilines is 2. The molecule has 0 saturated carbocycles. The summed E-state index contributed by atoms with van der Waals surface area (Å²) in [7, 11) is 0. The Morgan fingerprint density at radius 3 is 2.58 bits per heavy atom. The third-order valence-corrected chi connectivity index (χ3v) is 3.28. The Balaban J connectivity index is 2.07. The second-order valence-corrected chi connectivity index (χ2v) is 5.03. The van der Waals surface area contributed by atoms with E-state index in [1.165, 1.54) is 0 Å². The van der Waals surface area contributed by atoms with Crippen molar-refractivity contribution in [1.29, 1.82) is 0 Å². The van der Waals surface area contributed by atoms with Crippen LogP contribution in [0.1, 0.15) is 0 Å². The smallest absolute Gasteiger partial charge is 0.0723 e. The Bertz CT molecular complexity index is 741. The quantitative estimate of drug-likeness (QED) is 0.693. The molecule has 3 rings (SSSR count). The summed E-state index contributed by atoms with van der Waals surface area (Å²) in [5.74, 6) is 0. The van der Waals surface area contributed by atoms with E-state index in [1.54, 1.807) is 6.20 Å². The van der Waals surface area contributed by atoms with Gasteiger partial charge in [-0.1, -0.05) is 29.3 Å². The summed E-state index contributed by atoms with van der Waals surface area (Å²) in [6, 6.07) is 15.1. The molecule has 0 saturated heterocycles. The molecule has 0 spiro atoms. The van der Waals surface area contributed by atoms with E-state index in [2.05, 4.69) is 10.3 Å². The maximum Gasteiger partial charge on any atom is 0.0723 e. The summed E-state index contributed by atoms with van der Waals surface area (Å²) in [6.45, 7) is 0. The molecule has 0 bridgehead atoms. The van der Waals surface area contributed by atoms with Crippen molar-refractivity contribution >= 4 is 45.5 Å². The minimum absolute atomic E-state index is 0.689. The van der Waals surface area contributed by atoms with Crippen molar-refractivity contribution in [2.24, 2.45) is 0 Å². The van der Waals surface area contributed by atoms with E-state index in [9.17, 15) is 0 Å². The summed E-state index contributed by atoms with van der Waals surface area (Å²) in [6.07, 6.45) is 1.77. The molecule has 0 fully saturated rings. The van der Waals surface area contributed by atoms with Gasteiger partial charge in [0.05, 0.1) is 5.52 Å². The molecule has 0 aliphatic heterocycles. The molecule has 19 heavy (non-hydrogen) atoms. The van der Waals surface area contributed by atoms with Gasteiger partial charge in [-0.3, -0.25) is 4.98 Å². The van der Waals surface area contributed by atoms with Crippen molar-refractivity contribution in [3.05, 3.63) is 64.8 Å². The molecule has 4 heteroatoms. The summed E-state index contributed by atoms with van der Waals surface area (Å²) in [5, 5.41) is 5.70. The van der Waals surface area contributed by atoms with Crippen LogP contribution in [0, 0.1) is 0 Å². The molecule has 0 radical (unpaired) electrons. The first-order valence-electron chi connectivity index (χ1n) is 5.79. The highest BCUT2D eigenvalue weighted by atomic mass is 35.5. The molecule has 1 heterocycles. The van der Waals surface area contributed by atoms with Crippen molar-refractivity contribution in [2.45, 2.75) is 0 Å². The fourth-order valence-electron chi connectivity index (χ4n) is 1.95. The average molecular weight is 289 g/mol. The summed E-state index contributed by atoms with van der Waals surface area (Å²) < 4.78 is 0. The molecule has 0 atom stereocenters. The number of rotatable bonds is 2. The van der Waals surface area contributed by atoms with E-state index in [1.807, 2.05) is 48.5 Å². The van der Waals surface area contributed by atoms with Crippen molar-refractivity contribution in [3.8, 4) is 0 Å². The molecule has 1 aromatic heterocycles. The lowest BCUT2D eigenvalue weighted by atomic mass is 10.2. The van der Waals surface area contributed by atoms with Crippen LogP contribution in [0.4, 0.5) is 11.4 Å². The van der Waals surface area contributed by atoms with Gasteiger partial charge in [-0.25, -0.2) is 0 Å². The van der Waals surface area contributed by atoms with E-state index in [-0.39, 0.29) is 0 Å². The van der Waals surface area contributed by atoms with Crippen molar-refractivity contribution < 1.29 is 0 Å². The minimum atomic E-state index is 0.689. The van der Waals surface area contributed by atoms with Gasteiger partial charge >= 0.3 is 0 Å². The zero-order valence-electron chi connectivity index (χ0n) is 9.90. The zero-order chi connectivity index (χ0) is 13.2. The van der Waals surface area contributed by atoms with Crippen molar-refractivity contribution in [3.63, 3.8) is 0 Å². The zero-order valence-corrected chi connectivity index (χ0v) is 11.4. The lowest BCUT2D eigenvalue weighted by Crippen LogP contribution is -1.92. The van der Waals surface area contributed by atoms with E-state index in [4.69, 9.17) is 23.2 Å². The standard InChI is InChI=1S/C15H10Cl2N2/c16-10-2-1-3-12(8-10)19-15-6-7-18-14-5-4-11(17)9-13(14)15/h1-9H,(H,18,19). The van der Waals surface area contributed by atoms with Crippen LogP contribution in [0.5, 0.6) is 0 Å². The Kier molecular flexibility index (Phi) is 3.28. The third-order valence-electron chi connectivity index (χ3n) is 2.81. The first-order chi connectivity index (χ1) is 9.22. The van der Waals surface area contributed by atoms with Gasteiger partial charge in [0.2, 0.25) is 0 Å². The highest BCUT2D eigenvalue weighted by Crippen LogP contribution is 2.28. The molecule has 1 N–H and O–H groups in total. The van der Waals surface area contributed by atoms with Crippen molar-refractivity contribution in [2.75, 3.05) is 5.32 Å². The van der Waals surface area contributed by atoms with Crippen LogP contribution in [0.25, 0.3) is 10.9 Å². The second kappa shape index (κ2) is 5.08. The van der Waals surface area contributed by atoms with Crippen LogP contribution in [0.2, 0.25) is 10.0 Å². The van der Waals surface area contributed by atoms with Gasteiger partial charge < -0.3 is 5.32 Å². The molecule has 0 aliphatic carbocycles. The first-order valence-corrected chi connectivity index (χ1v) is 6.55. The van der Waals surface area contributed by atoms with Gasteiger partial charge in [0.1, 0.15) is 0 Å². The van der Waals surface area contributed by atoms with Crippen LogP contribution >= 0.6 is 23.2 Å². The highest BCUT2D eigenvalue weighted by molar-refractivity contribution is 6.31. The van der Waals surface area contributed by atoms with E-state index >= 15 is 0 Å². The fourth-order valence-corrected chi connectivity index (χ4v) is 2.31. The largest absolute Gasteiger partial charge is 0.355 e. The van der Waals surface area contributed by atoms with Crippen LogP contribution in [0.15, 0.2) is 54.7 Å². The maximum absolute atomic E-state index is 6.04. The molecular weight excluding hydrogens is 279 g/mol. The Morgan fingerprint density at radius 1 is 0.895 bits per heavy atom. The normalized spacial score (nSPS) is 10.6. The topological polar surface area (TPSA) is 24.9 Å². The molecule has 0 unspecified atom stereocenters. The van der Waals surface area contributed by atoms with E-state index in [0.29, 0.717) is 10.0 Å². The number of hydrogen-bond donors (Lipinski definition) is 1. The summed E-state index contributed by atoms with van der Waals surface area (Å²) in [4.78, 5) is 4.32. The lowest BCUT2D eigenvalue weighted by molar-refractivity contribution is 1.40. The number of fused-ring (bicyclic) bond motifs is 1. The molecule has 0 aliphatic rings. The van der Waals surface area contributed by atoms with Crippen molar-refractivity contribution in [1.82, 2.24) is 4.98 Å². The SMILES string of the molecule is Clc1cccc(Nc2ccnc3ccc(Cl)cc23)c1. The predicted molar refractivity (Wildman–Crippen MR) is 81.5 cm³/mol. The number of pyridine rings is 1. The minimum Gasteiger partial charge on any atom is -0.355 e. The third kappa shape index (κ3) is 2.65. The number of nitrogens with zero attached hydrogens (tertiary/aromatic N) is 1.